The summed E-state index contributed by atoms with van der Waals surface area (Å²) in [5.41, 5.74) is 4.51. The molecule has 1 atom stereocenters. The average Bonchev–Trinajstić information content (AvgIpc) is 2.84. The maximum absolute atomic E-state index is 12.2. The number of nitro benzene ring substituents is 1. The SMILES string of the molecule is Cc1ccc(C(=O)N/N=C\c2ccc(OCC(=O)N[C@@H](C)c3ccccc3)cc2)cc1[N+](=O)[O-]. The third-order valence-electron chi connectivity index (χ3n) is 4.97. The van der Waals surface area contributed by atoms with Crippen molar-refractivity contribution in [3.63, 3.8) is 0 Å². The molecule has 9 heteroatoms. The van der Waals surface area contributed by atoms with E-state index < -0.39 is 10.8 Å². The number of ether oxygens (including phenoxy) is 1. The van der Waals surface area contributed by atoms with Crippen LogP contribution < -0.4 is 15.5 Å². The fourth-order valence-electron chi connectivity index (χ4n) is 3.08. The van der Waals surface area contributed by atoms with Gasteiger partial charge in [0.05, 0.1) is 17.2 Å². The number of nitro groups is 1. The Kier molecular flexibility index (Phi) is 8.07. The summed E-state index contributed by atoms with van der Waals surface area (Å²) >= 11 is 0. The van der Waals surface area contributed by atoms with E-state index in [4.69, 9.17) is 4.74 Å². The zero-order valence-electron chi connectivity index (χ0n) is 18.7. The van der Waals surface area contributed by atoms with Crippen LogP contribution in [0.4, 0.5) is 5.69 Å². The molecular weight excluding hydrogens is 436 g/mol. The second-order valence-electron chi connectivity index (χ2n) is 7.52. The number of nitrogens with one attached hydrogen (secondary N) is 2. The van der Waals surface area contributed by atoms with Crippen LogP contribution in [-0.4, -0.2) is 29.6 Å². The van der Waals surface area contributed by atoms with Crippen molar-refractivity contribution in [2.75, 3.05) is 6.61 Å². The van der Waals surface area contributed by atoms with E-state index in [1.807, 2.05) is 37.3 Å². The summed E-state index contributed by atoms with van der Waals surface area (Å²) in [4.78, 5) is 34.8. The van der Waals surface area contributed by atoms with E-state index in [9.17, 15) is 19.7 Å². The number of hydrogen-bond acceptors (Lipinski definition) is 6. The molecule has 0 radical (unpaired) electrons. The lowest BCUT2D eigenvalue weighted by molar-refractivity contribution is -0.385. The molecule has 0 aliphatic rings. The molecular formula is C25H24N4O5. The van der Waals surface area contributed by atoms with Crippen molar-refractivity contribution in [1.82, 2.24) is 10.7 Å². The topological polar surface area (TPSA) is 123 Å². The normalized spacial score (nSPS) is 11.6. The van der Waals surface area contributed by atoms with E-state index in [1.165, 1.54) is 24.4 Å². The van der Waals surface area contributed by atoms with Gasteiger partial charge in [-0.2, -0.15) is 5.10 Å². The van der Waals surface area contributed by atoms with Gasteiger partial charge in [0.25, 0.3) is 17.5 Å². The molecule has 0 aromatic heterocycles. The van der Waals surface area contributed by atoms with Gasteiger partial charge in [0.2, 0.25) is 0 Å². The number of hydrazone groups is 1. The first-order chi connectivity index (χ1) is 16.3. The summed E-state index contributed by atoms with van der Waals surface area (Å²) in [5.74, 6) is -0.285. The van der Waals surface area contributed by atoms with Crippen LogP contribution in [0.3, 0.4) is 0 Å². The highest BCUT2D eigenvalue weighted by Crippen LogP contribution is 2.19. The quantitative estimate of drug-likeness (QED) is 0.285. The van der Waals surface area contributed by atoms with Crippen LogP contribution in [0.2, 0.25) is 0 Å². The predicted molar refractivity (Wildman–Crippen MR) is 128 cm³/mol. The number of nitrogens with zero attached hydrogens (tertiary/aromatic N) is 2. The van der Waals surface area contributed by atoms with Crippen molar-refractivity contribution in [1.29, 1.82) is 0 Å². The van der Waals surface area contributed by atoms with Crippen LogP contribution in [0.15, 0.2) is 77.9 Å². The minimum Gasteiger partial charge on any atom is -0.484 e. The van der Waals surface area contributed by atoms with Crippen molar-refractivity contribution in [2.45, 2.75) is 19.9 Å². The highest BCUT2D eigenvalue weighted by atomic mass is 16.6. The van der Waals surface area contributed by atoms with Crippen LogP contribution >= 0.6 is 0 Å². The van der Waals surface area contributed by atoms with Gasteiger partial charge in [0, 0.05) is 17.2 Å². The standard InChI is InChI=1S/C25H24N4O5/c1-17-8-11-21(14-23(17)29(32)33)25(31)28-26-15-19-9-12-22(13-10-19)34-16-24(30)27-18(2)20-6-4-3-5-7-20/h3-15,18H,16H2,1-2H3,(H,27,30)(H,28,31)/b26-15-/t18-/m0/s1. The number of aryl methyl sites for hydroxylation is 1. The van der Waals surface area contributed by atoms with Crippen LogP contribution in [0.5, 0.6) is 5.75 Å². The van der Waals surface area contributed by atoms with E-state index >= 15 is 0 Å². The molecule has 0 unspecified atom stereocenters. The molecule has 0 saturated heterocycles. The Morgan fingerprint density at radius 1 is 1.09 bits per heavy atom. The Morgan fingerprint density at radius 2 is 1.79 bits per heavy atom. The van der Waals surface area contributed by atoms with Crippen LogP contribution in [-0.2, 0) is 4.79 Å². The summed E-state index contributed by atoms with van der Waals surface area (Å²) in [6.45, 7) is 3.38. The first-order valence-electron chi connectivity index (χ1n) is 10.5. The summed E-state index contributed by atoms with van der Waals surface area (Å²) in [6.07, 6.45) is 1.43. The lowest BCUT2D eigenvalue weighted by Crippen LogP contribution is -2.31. The Balaban J connectivity index is 1.48. The molecule has 0 bridgehead atoms. The number of rotatable bonds is 9. The molecule has 0 spiro atoms. The monoisotopic (exact) mass is 460 g/mol. The van der Waals surface area contributed by atoms with Crippen molar-refractivity contribution < 1.29 is 19.2 Å². The van der Waals surface area contributed by atoms with Gasteiger partial charge < -0.3 is 10.1 Å². The van der Waals surface area contributed by atoms with Crippen molar-refractivity contribution >= 4 is 23.7 Å². The number of carbonyl (C=O) groups is 2. The van der Waals surface area contributed by atoms with E-state index in [1.54, 1.807) is 31.2 Å². The molecule has 3 rings (SSSR count). The minimum atomic E-state index is -0.560. The Hall–Kier alpha value is -4.53. The van der Waals surface area contributed by atoms with Gasteiger partial charge in [-0.1, -0.05) is 36.4 Å². The maximum atomic E-state index is 12.2. The van der Waals surface area contributed by atoms with Gasteiger partial charge in [-0.25, -0.2) is 5.43 Å². The zero-order valence-corrected chi connectivity index (χ0v) is 18.7. The van der Waals surface area contributed by atoms with Crippen molar-refractivity contribution in [3.8, 4) is 5.75 Å². The van der Waals surface area contributed by atoms with Crippen molar-refractivity contribution in [3.05, 3.63) is 105 Å². The highest BCUT2D eigenvalue weighted by molar-refractivity contribution is 5.95. The molecule has 2 N–H and O–H groups in total. The Bertz CT molecular complexity index is 1190. The lowest BCUT2D eigenvalue weighted by atomic mass is 10.1. The smallest absolute Gasteiger partial charge is 0.273 e. The van der Waals surface area contributed by atoms with Gasteiger partial charge >= 0.3 is 0 Å². The maximum Gasteiger partial charge on any atom is 0.273 e. The fraction of sp³-hybridized carbons (Fsp3) is 0.160. The molecule has 0 aliphatic heterocycles. The first kappa shape index (κ1) is 24.1. The molecule has 0 aliphatic carbocycles. The molecule has 3 aromatic carbocycles. The fourth-order valence-corrected chi connectivity index (χ4v) is 3.08. The lowest BCUT2D eigenvalue weighted by Gasteiger charge is -2.14. The molecule has 0 fully saturated rings. The molecule has 34 heavy (non-hydrogen) atoms. The zero-order chi connectivity index (χ0) is 24.5. The molecule has 174 valence electrons. The van der Waals surface area contributed by atoms with Gasteiger partial charge in [-0.05, 0) is 55.3 Å². The summed E-state index contributed by atoms with van der Waals surface area (Å²) < 4.78 is 5.52. The van der Waals surface area contributed by atoms with Crippen LogP contribution in [0.25, 0.3) is 0 Å². The van der Waals surface area contributed by atoms with Crippen LogP contribution in [0.1, 0.15) is 40.0 Å². The third kappa shape index (κ3) is 6.73. The number of carbonyl (C=O) groups excluding carboxylic acids is 2. The molecule has 2 amide bonds. The first-order valence-corrected chi connectivity index (χ1v) is 10.5. The van der Waals surface area contributed by atoms with Gasteiger partial charge in [-0.3, -0.25) is 19.7 Å². The predicted octanol–water partition coefficient (Wildman–Crippen LogP) is 3.92. The summed E-state index contributed by atoms with van der Waals surface area (Å²) in [7, 11) is 0. The van der Waals surface area contributed by atoms with E-state index in [0.717, 1.165) is 5.56 Å². The third-order valence-corrected chi connectivity index (χ3v) is 4.97. The van der Waals surface area contributed by atoms with Gasteiger partial charge in [0.15, 0.2) is 6.61 Å². The van der Waals surface area contributed by atoms with Gasteiger partial charge in [0.1, 0.15) is 5.75 Å². The highest BCUT2D eigenvalue weighted by Gasteiger charge is 2.14. The Labute approximate surface area is 196 Å². The minimum absolute atomic E-state index is 0.122. The van der Waals surface area contributed by atoms with Crippen LogP contribution in [0, 0.1) is 17.0 Å². The van der Waals surface area contributed by atoms with Crippen molar-refractivity contribution in [2.24, 2.45) is 5.10 Å². The molecule has 3 aromatic rings. The van der Waals surface area contributed by atoms with E-state index in [-0.39, 0.29) is 29.8 Å². The van der Waals surface area contributed by atoms with Gasteiger partial charge in [-0.15, -0.1) is 0 Å². The van der Waals surface area contributed by atoms with E-state index in [0.29, 0.717) is 16.9 Å². The van der Waals surface area contributed by atoms with E-state index in [2.05, 4.69) is 15.8 Å². The second kappa shape index (κ2) is 11.4. The molecule has 0 heterocycles. The molecule has 0 saturated carbocycles. The number of benzene rings is 3. The molecule has 9 nitrogen and oxygen atoms in total. The Morgan fingerprint density at radius 3 is 2.47 bits per heavy atom. The number of amides is 2. The summed E-state index contributed by atoms with van der Waals surface area (Å²) in [5, 5.41) is 17.8. The number of hydrogen-bond donors (Lipinski definition) is 2. The largest absolute Gasteiger partial charge is 0.484 e. The average molecular weight is 460 g/mol. The summed E-state index contributed by atoms with van der Waals surface area (Å²) in [6, 6.07) is 20.5. The second-order valence-corrected chi connectivity index (χ2v) is 7.52.